The average Bonchev–Trinajstić information content (AvgIpc) is 2.94. The normalized spacial score (nSPS) is 11.2. The van der Waals surface area contributed by atoms with Gasteiger partial charge in [-0.2, -0.15) is 4.99 Å². The summed E-state index contributed by atoms with van der Waals surface area (Å²) < 4.78 is 2.52. The van der Waals surface area contributed by atoms with Gasteiger partial charge in [0.05, 0.1) is 21.1 Å². The molecule has 0 spiro atoms. The smallest absolute Gasteiger partial charge is 0.0754 e. The van der Waals surface area contributed by atoms with Crippen LogP contribution in [0.3, 0.4) is 0 Å². The number of thiophene rings is 1. The molecule has 0 atom stereocenters. The minimum Gasteiger partial charge on any atom is -0.353 e. The van der Waals surface area contributed by atoms with Gasteiger partial charge in [0.15, 0.2) is 0 Å². The second-order valence-electron chi connectivity index (χ2n) is 4.36. The van der Waals surface area contributed by atoms with Gasteiger partial charge in [-0.3, -0.25) is 0 Å². The van der Waals surface area contributed by atoms with Crippen molar-refractivity contribution in [3.63, 3.8) is 0 Å². The first-order valence-corrected chi connectivity index (χ1v) is 7.10. The van der Waals surface area contributed by atoms with Gasteiger partial charge in [0, 0.05) is 21.0 Å². The second-order valence-corrected chi connectivity index (χ2v) is 5.60. The summed E-state index contributed by atoms with van der Waals surface area (Å²) in [5.74, 6) is 0. The molecule has 1 N–H and O–H groups in total. The third-order valence-corrected chi connectivity index (χ3v) is 4.56. The highest BCUT2D eigenvalue weighted by molar-refractivity contribution is 7.78. The van der Waals surface area contributed by atoms with Gasteiger partial charge >= 0.3 is 0 Å². The van der Waals surface area contributed by atoms with Crippen molar-refractivity contribution in [3.8, 4) is 0 Å². The van der Waals surface area contributed by atoms with Crippen LogP contribution in [0.5, 0.6) is 0 Å². The lowest BCUT2D eigenvalue weighted by molar-refractivity contribution is 1.56. The van der Waals surface area contributed by atoms with E-state index in [1.807, 2.05) is 6.07 Å². The molecule has 0 bridgehead atoms. The lowest BCUT2D eigenvalue weighted by Gasteiger charge is -1.92. The number of fused-ring (bicyclic) bond motifs is 5. The Morgan fingerprint density at radius 1 is 1.11 bits per heavy atom. The topological polar surface area (TPSA) is 28.1 Å². The van der Waals surface area contributed by atoms with Gasteiger partial charge in [-0.25, -0.2) is 0 Å². The molecule has 19 heavy (non-hydrogen) atoms. The van der Waals surface area contributed by atoms with Crippen molar-refractivity contribution in [3.05, 3.63) is 42.5 Å². The number of hydrogen-bond donors (Lipinski definition) is 1. The van der Waals surface area contributed by atoms with Crippen molar-refractivity contribution >= 4 is 65.6 Å². The highest BCUT2D eigenvalue weighted by Gasteiger charge is 2.10. The molecular formula is C15H8N2S2. The first-order chi connectivity index (χ1) is 9.36. The number of aliphatic imine (C=N–C) groups is 1. The Morgan fingerprint density at radius 3 is 2.89 bits per heavy atom. The van der Waals surface area contributed by atoms with E-state index in [9.17, 15) is 0 Å². The van der Waals surface area contributed by atoms with E-state index < -0.39 is 0 Å². The minimum absolute atomic E-state index is 0.857. The molecule has 0 saturated heterocycles. The Kier molecular flexibility index (Phi) is 2.29. The number of nitrogens with zero attached hydrogens (tertiary/aromatic N) is 1. The number of rotatable bonds is 1. The average molecular weight is 280 g/mol. The second kappa shape index (κ2) is 4.00. The maximum absolute atomic E-state index is 4.65. The largest absolute Gasteiger partial charge is 0.353 e. The Labute approximate surface area is 118 Å². The highest BCUT2D eigenvalue weighted by atomic mass is 32.1. The molecular weight excluding hydrogens is 272 g/mol. The summed E-state index contributed by atoms with van der Waals surface area (Å²) in [6.07, 6.45) is 0. The van der Waals surface area contributed by atoms with E-state index >= 15 is 0 Å². The molecule has 2 aromatic heterocycles. The fourth-order valence-electron chi connectivity index (χ4n) is 2.45. The number of para-hydroxylation sites is 1. The molecule has 2 aromatic carbocycles. The third-order valence-electron chi connectivity index (χ3n) is 3.28. The van der Waals surface area contributed by atoms with E-state index in [2.05, 4.69) is 63.8 Å². The zero-order chi connectivity index (χ0) is 12.8. The molecule has 2 heterocycles. The molecule has 0 aliphatic heterocycles. The SMILES string of the molecule is S=C=Nc1ccc2c(c1)sc1c3ccccc3[nH]c21. The molecule has 0 saturated carbocycles. The number of benzene rings is 2. The van der Waals surface area contributed by atoms with E-state index in [4.69, 9.17) is 0 Å². The van der Waals surface area contributed by atoms with E-state index in [0.29, 0.717) is 0 Å². The van der Waals surface area contributed by atoms with E-state index in [1.54, 1.807) is 11.3 Å². The van der Waals surface area contributed by atoms with Crippen molar-refractivity contribution in [1.29, 1.82) is 0 Å². The molecule has 0 radical (unpaired) electrons. The van der Waals surface area contributed by atoms with Crippen LogP contribution in [0.1, 0.15) is 0 Å². The number of aromatic amines is 1. The Balaban J connectivity index is 2.15. The van der Waals surface area contributed by atoms with Crippen LogP contribution in [-0.4, -0.2) is 10.1 Å². The number of isothiocyanates is 1. The Morgan fingerprint density at radius 2 is 2.00 bits per heavy atom. The van der Waals surface area contributed by atoms with Crippen molar-refractivity contribution < 1.29 is 0 Å². The van der Waals surface area contributed by atoms with E-state index in [-0.39, 0.29) is 0 Å². The lowest BCUT2D eigenvalue weighted by atomic mass is 10.2. The molecule has 2 nitrogen and oxygen atoms in total. The molecule has 0 aliphatic carbocycles. The number of aromatic nitrogens is 1. The summed E-state index contributed by atoms with van der Waals surface area (Å²) in [4.78, 5) is 7.53. The summed E-state index contributed by atoms with van der Waals surface area (Å²) in [6.45, 7) is 0. The maximum Gasteiger partial charge on any atom is 0.0754 e. The zero-order valence-corrected chi connectivity index (χ0v) is 11.4. The molecule has 0 aliphatic rings. The van der Waals surface area contributed by atoms with Crippen LogP contribution in [0, 0.1) is 0 Å². The lowest BCUT2D eigenvalue weighted by Crippen LogP contribution is -1.68. The Bertz CT molecular complexity index is 972. The standard InChI is InChI=1S/C15H8N2S2/c18-8-16-9-5-6-11-13(7-9)19-15-10-3-1-2-4-12(10)17-14(11)15/h1-7,17H. The predicted molar refractivity (Wildman–Crippen MR) is 85.9 cm³/mol. The van der Waals surface area contributed by atoms with Crippen LogP contribution in [0.15, 0.2) is 47.5 Å². The first kappa shape index (κ1) is 10.9. The monoisotopic (exact) mass is 280 g/mol. The predicted octanol–water partition coefficient (Wildman–Crippen LogP) is 5.27. The molecule has 4 heteroatoms. The van der Waals surface area contributed by atoms with Gasteiger partial charge in [-0.1, -0.05) is 18.2 Å². The van der Waals surface area contributed by atoms with Crippen LogP contribution in [0.4, 0.5) is 5.69 Å². The summed E-state index contributed by atoms with van der Waals surface area (Å²) in [6, 6.07) is 14.5. The van der Waals surface area contributed by atoms with Gasteiger partial charge in [0.2, 0.25) is 0 Å². The van der Waals surface area contributed by atoms with Crippen molar-refractivity contribution in [2.24, 2.45) is 4.99 Å². The highest BCUT2D eigenvalue weighted by Crippen LogP contribution is 2.39. The summed E-state index contributed by atoms with van der Waals surface area (Å²) in [7, 11) is 0. The van der Waals surface area contributed by atoms with Crippen LogP contribution in [0.25, 0.3) is 31.2 Å². The molecule has 90 valence electrons. The zero-order valence-electron chi connectivity index (χ0n) is 9.81. The summed E-state index contributed by atoms with van der Waals surface area (Å²) in [5.41, 5.74) is 3.25. The molecule has 0 fully saturated rings. The van der Waals surface area contributed by atoms with Crippen molar-refractivity contribution in [2.45, 2.75) is 0 Å². The Hall–Kier alpha value is -2.00. The molecule has 4 aromatic rings. The summed E-state index contributed by atoms with van der Waals surface area (Å²) >= 11 is 6.43. The number of thiocarbonyl (C=S) groups is 1. The van der Waals surface area contributed by atoms with Gasteiger partial charge in [0.25, 0.3) is 0 Å². The van der Waals surface area contributed by atoms with Crippen LogP contribution >= 0.6 is 23.6 Å². The number of H-pyrrole nitrogens is 1. The maximum atomic E-state index is 4.65. The van der Waals surface area contributed by atoms with Crippen LogP contribution in [0.2, 0.25) is 0 Å². The molecule has 0 amide bonds. The minimum atomic E-state index is 0.857. The fourth-order valence-corrected chi connectivity index (χ4v) is 3.78. The quantitative estimate of drug-likeness (QED) is 0.373. The van der Waals surface area contributed by atoms with Gasteiger partial charge < -0.3 is 4.98 Å². The summed E-state index contributed by atoms with van der Waals surface area (Å²) in [5, 5.41) is 4.92. The van der Waals surface area contributed by atoms with Gasteiger partial charge in [-0.05, 0) is 36.5 Å². The van der Waals surface area contributed by atoms with E-state index in [0.717, 1.165) is 5.69 Å². The van der Waals surface area contributed by atoms with Crippen molar-refractivity contribution in [1.82, 2.24) is 4.98 Å². The van der Waals surface area contributed by atoms with Crippen molar-refractivity contribution in [2.75, 3.05) is 0 Å². The number of hydrogen-bond acceptors (Lipinski definition) is 3. The molecule has 4 rings (SSSR count). The van der Waals surface area contributed by atoms with Crippen LogP contribution < -0.4 is 0 Å². The fraction of sp³-hybridized carbons (Fsp3) is 0. The van der Waals surface area contributed by atoms with Gasteiger partial charge in [0.1, 0.15) is 0 Å². The van der Waals surface area contributed by atoms with Crippen LogP contribution in [-0.2, 0) is 0 Å². The van der Waals surface area contributed by atoms with Gasteiger partial charge in [-0.15, -0.1) is 11.3 Å². The third kappa shape index (κ3) is 1.55. The van der Waals surface area contributed by atoms with E-state index in [1.165, 1.54) is 31.2 Å². The molecule has 0 unspecified atom stereocenters. The number of nitrogens with one attached hydrogen (secondary N) is 1. The first-order valence-electron chi connectivity index (χ1n) is 5.87.